The molecule has 1 atom stereocenters. The summed E-state index contributed by atoms with van der Waals surface area (Å²) >= 11 is 1.52. The van der Waals surface area contributed by atoms with Crippen LogP contribution in [-0.4, -0.2) is 35.1 Å². The second-order valence-corrected chi connectivity index (χ2v) is 9.88. The van der Waals surface area contributed by atoms with E-state index in [0.29, 0.717) is 12.0 Å². The van der Waals surface area contributed by atoms with Gasteiger partial charge in [-0.05, 0) is 49.6 Å². The van der Waals surface area contributed by atoms with Crippen molar-refractivity contribution in [1.82, 2.24) is 10.2 Å². The number of hydrogen-bond donors (Lipinski definition) is 1. The van der Waals surface area contributed by atoms with Crippen molar-refractivity contribution in [2.45, 2.75) is 77.8 Å². The first-order valence-corrected chi connectivity index (χ1v) is 12.7. The van der Waals surface area contributed by atoms with Crippen molar-refractivity contribution < 1.29 is 14.3 Å². The lowest BCUT2D eigenvalue weighted by Crippen LogP contribution is -2.40. The van der Waals surface area contributed by atoms with Gasteiger partial charge in [-0.15, -0.1) is 0 Å². The lowest BCUT2D eigenvalue weighted by Gasteiger charge is -2.37. The number of fused-ring (bicyclic) bond motifs is 1. The Hall–Kier alpha value is -2.54. The Labute approximate surface area is 200 Å². The molecule has 0 radical (unpaired) electrons. The van der Waals surface area contributed by atoms with Gasteiger partial charge in [-0.2, -0.15) is 0 Å². The van der Waals surface area contributed by atoms with Crippen LogP contribution in [0.3, 0.4) is 0 Å². The lowest BCUT2D eigenvalue weighted by atomic mass is 9.89. The molecule has 4 rings (SSSR count). The van der Waals surface area contributed by atoms with E-state index in [9.17, 15) is 9.59 Å². The topological polar surface area (TPSA) is 71.0 Å². The number of benzene rings is 1. The molecule has 0 saturated heterocycles. The minimum absolute atomic E-state index is 0.0274. The highest BCUT2D eigenvalue weighted by atomic mass is 32.2. The minimum Gasteiger partial charge on any atom is -0.466 e. The summed E-state index contributed by atoms with van der Waals surface area (Å²) < 4.78 is 5.21. The maximum atomic E-state index is 13.0. The van der Waals surface area contributed by atoms with Crippen LogP contribution in [0.15, 0.2) is 45.6 Å². The third kappa shape index (κ3) is 4.88. The van der Waals surface area contributed by atoms with Gasteiger partial charge in [0, 0.05) is 11.7 Å². The van der Waals surface area contributed by atoms with E-state index in [-0.39, 0.29) is 30.4 Å². The molecule has 1 aromatic rings. The van der Waals surface area contributed by atoms with Crippen molar-refractivity contribution in [2.24, 2.45) is 4.99 Å². The van der Waals surface area contributed by atoms with Crippen molar-refractivity contribution in [1.29, 1.82) is 0 Å². The van der Waals surface area contributed by atoms with Gasteiger partial charge in [0.25, 0.3) is 0 Å². The van der Waals surface area contributed by atoms with E-state index in [2.05, 4.69) is 42.3 Å². The number of aryl methyl sites for hydroxylation is 2. The highest BCUT2D eigenvalue weighted by molar-refractivity contribution is 8.16. The number of thioether (sulfide) groups is 1. The number of methoxy groups -OCH3 is 1. The van der Waals surface area contributed by atoms with Crippen LogP contribution in [0.4, 0.5) is 0 Å². The Balaban J connectivity index is 1.69. The first-order valence-electron chi connectivity index (χ1n) is 11.8. The number of carbonyl (C=O) groups excluding carboxylic acids is 2. The fourth-order valence-corrected chi connectivity index (χ4v) is 5.89. The van der Waals surface area contributed by atoms with E-state index in [1.165, 1.54) is 38.1 Å². The third-order valence-corrected chi connectivity index (χ3v) is 7.56. The van der Waals surface area contributed by atoms with Crippen molar-refractivity contribution in [2.75, 3.05) is 7.11 Å². The largest absolute Gasteiger partial charge is 0.466 e. The fraction of sp³-hybridized carbons (Fsp3) is 0.500. The summed E-state index contributed by atoms with van der Waals surface area (Å²) in [7, 11) is 1.41. The van der Waals surface area contributed by atoms with Crippen LogP contribution >= 0.6 is 11.8 Å². The maximum Gasteiger partial charge on any atom is 0.338 e. The molecule has 0 spiro atoms. The quantitative estimate of drug-likeness (QED) is 0.577. The second kappa shape index (κ2) is 10.2. The molecule has 1 saturated carbocycles. The van der Waals surface area contributed by atoms with Gasteiger partial charge < -0.3 is 15.0 Å². The summed E-state index contributed by atoms with van der Waals surface area (Å²) in [4.78, 5) is 32.9. The number of amides is 1. The van der Waals surface area contributed by atoms with Gasteiger partial charge in [0.1, 0.15) is 0 Å². The van der Waals surface area contributed by atoms with E-state index in [1.54, 1.807) is 0 Å². The van der Waals surface area contributed by atoms with Gasteiger partial charge in [0.05, 0.1) is 30.8 Å². The van der Waals surface area contributed by atoms with Gasteiger partial charge in [0.15, 0.2) is 5.17 Å². The predicted octanol–water partition coefficient (Wildman–Crippen LogP) is 5.28. The van der Waals surface area contributed by atoms with Gasteiger partial charge in [0.2, 0.25) is 5.91 Å². The highest BCUT2D eigenvalue weighted by Gasteiger charge is 2.42. The Morgan fingerprint density at radius 3 is 2.67 bits per heavy atom. The van der Waals surface area contributed by atoms with Crippen LogP contribution in [0.2, 0.25) is 0 Å². The summed E-state index contributed by atoms with van der Waals surface area (Å²) in [6, 6.07) is 6.18. The number of ether oxygens (including phenoxy) is 1. The van der Waals surface area contributed by atoms with Crippen molar-refractivity contribution >= 4 is 28.8 Å². The van der Waals surface area contributed by atoms with Crippen molar-refractivity contribution in [3.8, 4) is 0 Å². The van der Waals surface area contributed by atoms with Crippen LogP contribution in [0.25, 0.3) is 0 Å². The van der Waals surface area contributed by atoms with Crippen LogP contribution in [0.5, 0.6) is 0 Å². The summed E-state index contributed by atoms with van der Waals surface area (Å²) in [6.07, 6.45) is 6.59. The Morgan fingerprint density at radius 2 is 1.97 bits per heavy atom. The van der Waals surface area contributed by atoms with E-state index >= 15 is 0 Å². The third-order valence-electron chi connectivity index (χ3n) is 6.67. The number of nitrogens with zero attached hydrogens (tertiary/aromatic N) is 2. The molecule has 7 heteroatoms. The summed E-state index contributed by atoms with van der Waals surface area (Å²) in [6.45, 7) is 6.11. The molecule has 1 unspecified atom stereocenters. The molecule has 6 nitrogen and oxygen atoms in total. The number of hydrogen-bond acceptors (Lipinski definition) is 6. The van der Waals surface area contributed by atoms with Gasteiger partial charge >= 0.3 is 5.97 Å². The van der Waals surface area contributed by atoms with Crippen molar-refractivity contribution in [3.05, 3.63) is 57.3 Å². The van der Waals surface area contributed by atoms with E-state index < -0.39 is 0 Å². The summed E-state index contributed by atoms with van der Waals surface area (Å²) in [5.41, 5.74) is 5.41. The zero-order chi connectivity index (χ0) is 23.5. The second-order valence-electron chi connectivity index (χ2n) is 9.04. The molecule has 33 heavy (non-hydrogen) atoms. The monoisotopic (exact) mass is 467 g/mol. The van der Waals surface area contributed by atoms with Crippen LogP contribution in [0.1, 0.15) is 74.6 Å². The van der Waals surface area contributed by atoms with Crippen LogP contribution in [0, 0.1) is 13.8 Å². The molecule has 1 fully saturated rings. The number of allylic oxidation sites excluding steroid dienone is 1. The first kappa shape index (κ1) is 23.6. The number of carbonyl (C=O) groups is 2. The van der Waals surface area contributed by atoms with E-state index in [1.807, 2.05) is 12.3 Å². The number of aliphatic imine (C=N–C) groups is 1. The summed E-state index contributed by atoms with van der Waals surface area (Å²) in [5.74, 6) is -0.344. The number of rotatable bonds is 6. The highest BCUT2D eigenvalue weighted by Crippen LogP contribution is 2.46. The zero-order valence-electron chi connectivity index (χ0n) is 19.9. The molecule has 1 amide bonds. The molecular weight excluding hydrogens is 434 g/mol. The van der Waals surface area contributed by atoms with Gasteiger partial charge in [-0.1, -0.05) is 61.7 Å². The Morgan fingerprint density at radius 1 is 1.21 bits per heavy atom. The van der Waals surface area contributed by atoms with E-state index in [4.69, 9.17) is 9.73 Å². The van der Waals surface area contributed by atoms with Gasteiger partial charge in [-0.3, -0.25) is 4.79 Å². The lowest BCUT2D eigenvalue weighted by molar-refractivity contribution is -0.136. The minimum atomic E-state index is -0.372. The number of nitrogens with one attached hydrogen (secondary N) is 1. The molecule has 2 heterocycles. The van der Waals surface area contributed by atoms with Crippen LogP contribution in [-0.2, 0) is 14.3 Å². The first-order chi connectivity index (χ1) is 15.9. The standard InChI is InChI=1S/C26H33N3O3S/c1-5-21-23(25(31)32-4)24(20-13-16(2)11-12-17(20)3)29-19(15-33-26(29)28-21)14-22(30)27-18-9-7-6-8-10-18/h11-13,15,18,24H,5-10,14H2,1-4H3,(H,27,30). The predicted molar refractivity (Wildman–Crippen MR) is 133 cm³/mol. The average Bonchev–Trinajstić information content (AvgIpc) is 3.21. The van der Waals surface area contributed by atoms with Gasteiger partial charge in [-0.25, -0.2) is 9.79 Å². The molecule has 1 aliphatic carbocycles. The molecular formula is C26H33N3O3S. The molecule has 1 aromatic carbocycles. The zero-order valence-corrected chi connectivity index (χ0v) is 20.8. The van der Waals surface area contributed by atoms with Crippen LogP contribution < -0.4 is 5.32 Å². The molecule has 3 aliphatic rings. The van der Waals surface area contributed by atoms with Crippen molar-refractivity contribution in [3.63, 3.8) is 0 Å². The molecule has 0 aromatic heterocycles. The Kier molecular flexibility index (Phi) is 7.27. The van der Waals surface area contributed by atoms with E-state index in [0.717, 1.165) is 46.1 Å². The fourth-order valence-electron chi connectivity index (χ4n) is 4.95. The normalized spacial score (nSPS) is 20.8. The summed E-state index contributed by atoms with van der Waals surface area (Å²) in [5, 5.41) is 6.04. The smallest absolute Gasteiger partial charge is 0.338 e. The molecule has 0 bridgehead atoms. The SMILES string of the molecule is CCC1=C(C(=O)OC)C(c2cc(C)ccc2C)N2C(CC(=O)NC3CCCCC3)=CSC2=N1. The maximum absolute atomic E-state index is 13.0. The Bertz CT molecular complexity index is 1040. The number of amidine groups is 1. The number of esters is 1. The molecule has 176 valence electrons. The molecule has 1 N–H and O–H groups in total. The average molecular weight is 468 g/mol. The molecule has 2 aliphatic heterocycles.